The molecule has 0 bridgehead atoms. The number of nitrogens with zero attached hydrogens (tertiary/aromatic N) is 3. The van der Waals surface area contributed by atoms with E-state index in [1.807, 2.05) is 25.2 Å². The number of para-hydroxylation sites is 2. The van der Waals surface area contributed by atoms with Crippen molar-refractivity contribution in [1.29, 1.82) is 0 Å². The number of H-pyrrole nitrogens is 1. The monoisotopic (exact) mass is 323 g/mol. The van der Waals surface area contributed by atoms with Crippen LogP contribution in [0, 0.1) is 0 Å². The number of carbonyl (C=O) groups excluding carboxylic acids is 1. The normalized spacial score (nSPS) is 21.0. The topological polar surface area (TPSA) is 75.6 Å². The predicted octanol–water partition coefficient (Wildman–Crippen LogP) is 2.75. The van der Waals surface area contributed by atoms with E-state index < -0.39 is 0 Å². The van der Waals surface area contributed by atoms with Crippen LogP contribution in [0.3, 0.4) is 0 Å². The molecule has 1 aliphatic rings. The average Bonchev–Trinajstić information content (AvgIpc) is 3.21. The van der Waals surface area contributed by atoms with Crippen molar-refractivity contribution in [2.75, 3.05) is 0 Å². The first-order valence-electron chi connectivity index (χ1n) is 8.42. The van der Waals surface area contributed by atoms with E-state index in [2.05, 4.69) is 21.4 Å². The molecule has 6 nitrogen and oxygen atoms in total. The van der Waals surface area contributed by atoms with Crippen molar-refractivity contribution in [1.82, 2.24) is 24.8 Å². The van der Waals surface area contributed by atoms with Gasteiger partial charge in [-0.15, -0.1) is 0 Å². The maximum Gasteiger partial charge on any atom is 0.269 e. The molecule has 0 radical (unpaired) electrons. The fourth-order valence-corrected chi connectivity index (χ4v) is 3.57. The number of imidazole rings is 2. The molecule has 24 heavy (non-hydrogen) atoms. The predicted molar refractivity (Wildman–Crippen MR) is 91.8 cm³/mol. The largest absolute Gasteiger partial charge is 0.348 e. The zero-order valence-corrected chi connectivity index (χ0v) is 13.7. The lowest BCUT2D eigenvalue weighted by Gasteiger charge is -2.28. The third-order valence-electron chi connectivity index (χ3n) is 4.85. The average molecular weight is 323 g/mol. The van der Waals surface area contributed by atoms with Crippen LogP contribution in [0.25, 0.3) is 11.0 Å². The zero-order chi connectivity index (χ0) is 16.5. The van der Waals surface area contributed by atoms with Crippen molar-refractivity contribution < 1.29 is 4.79 Å². The number of aryl methyl sites for hydroxylation is 1. The minimum atomic E-state index is -0.0507. The Balaban J connectivity index is 1.47. The van der Waals surface area contributed by atoms with E-state index in [1.54, 1.807) is 17.1 Å². The Kier molecular flexibility index (Phi) is 3.80. The van der Waals surface area contributed by atoms with Crippen molar-refractivity contribution in [2.24, 2.45) is 7.05 Å². The first-order chi connectivity index (χ1) is 11.7. The van der Waals surface area contributed by atoms with Crippen molar-refractivity contribution in [3.63, 3.8) is 0 Å². The fraction of sp³-hybridized carbons (Fsp3) is 0.389. The summed E-state index contributed by atoms with van der Waals surface area (Å²) in [6, 6.07) is 8.28. The lowest BCUT2D eigenvalue weighted by molar-refractivity contribution is 0.0916. The van der Waals surface area contributed by atoms with Gasteiger partial charge in [0.1, 0.15) is 11.5 Å². The minimum absolute atomic E-state index is 0.0507. The number of fused-ring (bicyclic) bond motifs is 1. The number of hydrogen-bond acceptors (Lipinski definition) is 3. The van der Waals surface area contributed by atoms with Crippen LogP contribution in [0.2, 0.25) is 0 Å². The van der Waals surface area contributed by atoms with Crippen molar-refractivity contribution >= 4 is 16.9 Å². The van der Waals surface area contributed by atoms with Gasteiger partial charge in [0.05, 0.1) is 23.6 Å². The molecule has 0 spiro atoms. The van der Waals surface area contributed by atoms with Crippen LogP contribution in [0.1, 0.15) is 47.9 Å². The van der Waals surface area contributed by atoms with E-state index in [0.717, 1.165) is 42.5 Å². The molecule has 0 saturated heterocycles. The Labute approximate surface area is 140 Å². The second-order valence-corrected chi connectivity index (χ2v) is 6.56. The first kappa shape index (κ1) is 14.9. The molecule has 1 amide bonds. The van der Waals surface area contributed by atoms with E-state index in [0.29, 0.717) is 11.6 Å². The number of aromatic amines is 1. The standard InChI is InChI=1S/C18H21N5O/c1-23-11-19-10-16(23)18(24)20-13-6-4-5-12(9-13)17-21-14-7-2-3-8-15(14)22-17/h2-3,7-8,10-13H,4-6,9H2,1H3,(H,20,24)(H,21,22). The number of amides is 1. The van der Waals surface area contributed by atoms with Crippen molar-refractivity contribution in [2.45, 2.75) is 37.6 Å². The lowest BCUT2D eigenvalue weighted by Crippen LogP contribution is -2.38. The highest BCUT2D eigenvalue weighted by Gasteiger charge is 2.27. The fourth-order valence-electron chi connectivity index (χ4n) is 3.57. The molecule has 3 aromatic rings. The molecule has 2 heterocycles. The van der Waals surface area contributed by atoms with Gasteiger partial charge in [-0.1, -0.05) is 18.6 Å². The van der Waals surface area contributed by atoms with Crippen LogP contribution in [-0.4, -0.2) is 31.5 Å². The number of aromatic nitrogens is 4. The van der Waals surface area contributed by atoms with Gasteiger partial charge in [-0.2, -0.15) is 0 Å². The summed E-state index contributed by atoms with van der Waals surface area (Å²) < 4.78 is 1.74. The first-order valence-corrected chi connectivity index (χ1v) is 8.42. The quantitative estimate of drug-likeness (QED) is 0.778. The molecule has 1 aliphatic carbocycles. The third kappa shape index (κ3) is 2.79. The molecule has 1 saturated carbocycles. The summed E-state index contributed by atoms with van der Waals surface area (Å²) in [6.07, 6.45) is 7.39. The van der Waals surface area contributed by atoms with Gasteiger partial charge in [0.25, 0.3) is 5.91 Å². The number of rotatable bonds is 3. The highest BCUT2D eigenvalue weighted by Crippen LogP contribution is 2.32. The number of nitrogens with one attached hydrogen (secondary N) is 2. The molecular weight excluding hydrogens is 302 g/mol. The van der Waals surface area contributed by atoms with E-state index >= 15 is 0 Å². The summed E-state index contributed by atoms with van der Waals surface area (Å²) in [5.41, 5.74) is 2.68. The highest BCUT2D eigenvalue weighted by molar-refractivity contribution is 5.92. The van der Waals surface area contributed by atoms with E-state index in [-0.39, 0.29) is 11.9 Å². The SMILES string of the molecule is Cn1cncc1C(=O)NC1CCCC(c2nc3ccccc3[nH]2)C1. The van der Waals surface area contributed by atoms with Gasteiger partial charge in [0, 0.05) is 19.0 Å². The Morgan fingerprint density at radius 2 is 2.21 bits per heavy atom. The van der Waals surface area contributed by atoms with E-state index in [1.165, 1.54) is 0 Å². The van der Waals surface area contributed by atoms with Gasteiger partial charge in [-0.05, 0) is 31.4 Å². The van der Waals surface area contributed by atoms with Crippen molar-refractivity contribution in [3.05, 3.63) is 48.3 Å². The van der Waals surface area contributed by atoms with Gasteiger partial charge < -0.3 is 14.9 Å². The highest BCUT2D eigenvalue weighted by atomic mass is 16.2. The van der Waals surface area contributed by atoms with Gasteiger partial charge >= 0.3 is 0 Å². The van der Waals surface area contributed by atoms with Crippen LogP contribution in [0.15, 0.2) is 36.8 Å². The summed E-state index contributed by atoms with van der Waals surface area (Å²) in [5, 5.41) is 3.15. The Morgan fingerprint density at radius 3 is 3.00 bits per heavy atom. The molecule has 4 rings (SSSR count). The molecule has 2 N–H and O–H groups in total. The van der Waals surface area contributed by atoms with Gasteiger partial charge in [-0.3, -0.25) is 4.79 Å². The van der Waals surface area contributed by atoms with E-state index in [4.69, 9.17) is 4.98 Å². The second-order valence-electron chi connectivity index (χ2n) is 6.56. The molecule has 2 aromatic heterocycles. The molecule has 0 aliphatic heterocycles. The van der Waals surface area contributed by atoms with Crippen LogP contribution in [-0.2, 0) is 7.05 Å². The molecule has 2 unspecified atom stereocenters. The second kappa shape index (κ2) is 6.11. The maximum absolute atomic E-state index is 12.4. The van der Waals surface area contributed by atoms with Crippen LogP contribution < -0.4 is 5.32 Å². The maximum atomic E-state index is 12.4. The van der Waals surface area contributed by atoms with Gasteiger partial charge in [-0.25, -0.2) is 9.97 Å². The Hall–Kier alpha value is -2.63. The Bertz CT molecular complexity index is 832. The number of benzene rings is 1. The molecular formula is C18H21N5O. The summed E-state index contributed by atoms with van der Waals surface area (Å²) in [5.74, 6) is 1.35. The zero-order valence-electron chi connectivity index (χ0n) is 13.7. The van der Waals surface area contributed by atoms with E-state index in [9.17, 15) is 4.79 Å². The number of hydrogen-bond donors (Lipinski definition) is 2. The summed E-state index contributed by atoms with van der Waals surface area (Å²) in [7, 11) is 1.83. The van der Waals surface area contributed by atoms with Crippen LogP contribution in [0.4, 0.5) is 0 Å². The molecule has 1 fully saturated rings. The number of carbonyl (C=O) groups is 1. The van der Waals surface area contributed by atoms with Gasteiger partial charge in [0.2, 0.25) is 0 Å². The van der Waals surface area contributed by atoms with Crippen LogP contribution in [0.5, 0.6) is 0 Å². The molecule has 1 aromatic carbocycles. The minimum Gasteiger partial charge on any atom is -0.348 e. The summed E-state index contributed by atoms with van der Waals surface area (Å²) in [6.45, 7) is 0. The van der Waals surface area contributed by atoms with Crippen LogP contribution >= 0.6 is 0 Å². The molecule has 2 atom stereocenters. The lowest BCUT2D eigenvalue weighted by atomic mass is 9.85. The summed E-state index contributed by atoms with van der Waals surface area (Å²) in [4.78, 5) is 24.6. The molecule has 6 heteroatoms. The molecule has 124 valence electrons. The Morgan fingerprint density at radius 1 is 1.33 bits per heavy atom. The van der Waals surface area contributed by atoms with Crippen molar-refractivity contribution in [3.8, 4) is 0 Å². The smallest absolute Gasteiger partial charge is 0.269 e. The van der Waals surface area contributed by atoms with Gasteiger partial charge in [0.15, 0.2) is 0 Å². The third-order valence-corrected chi connectivity index (χ3v) is 4.85. The summed E-state index contributed by atoms with van der Waals surface area (Å²) >= 11 is 0.